The maximum absolute atomic E-state index is 12.6. The van der Waals surface area contributed by atoms with Gasteiger partial charge in [-0.1, -0.05) is 0 Å². The lowest BCUT2D eigenvalue weighted by Crippen LogP contribution is -2.23. The number of carbonyl (C=O) groups is 2. The molecule has 0 radical (unpaired) electrons. The van der Waals surface area contributed by atoms with Crippen LogP contribution in [0.15, 0.2) is 63.4 Å². The predicted molar refractivity (Wildman–Crippen MR) is 128 cm³/mol. The van der Waals surface area contributed by atoms with Gasteiger partial charge in [0.05, 0.1) is 6.54 Å². The van der Waals surface area contributed by atoms with Crippen LogP contribution in [-0.4, -0.2) is 30.7 Å². The van der Waals surface area contributed by atoms with Crippen molar-refractivity contribution in [3.63, 3.8) is 0 Å². The SMILES string of the molecule is COCc1ccc(C(=O)Nc2ccc(-c3nc(CNC(=O)c4ccc5c(c4)OCO5)c(C)o3)cc2)o1. The summed E-state index contributed by atoms with van der Waals surface area (Å²) in [5, 5.41) is 5.63. The summed E-state index contributed by atoms with van der Waals surface area (Å²) in [6, 6.07) is 15.4. The summed E-state index contributed by atoms with van der Waals surface area (Å²) in [5.41, 5.74) is 2.39. The second-order valence-electron chi connectivity index (χ2n) is 8.00. The number of anilines is 1. The fourth-order valence-electron chi connectivity index (χ4n) is 3.63. The molecule has 10 nitrogen and oxygen atoms in total. The maximum Gasteiger partial charge on any atom is 0.291 e. The molecule has 2 aromatic carbocycles. The molecule has 1 aliphatic heterocycles. The first kappa shape index (κ1) is 23.2. The minimum Gasteiger partial charge on any atom is -0.454 e. The van der Waals surface area contributed by atoms with E-state index in [-0.39, 0.29) is 30.9 Å². The molecule has 2 aromatic heterocycles. The predicted octanol–water partition coefficient (Wildman–Crippen LogP) is 4.30. The summed E-state index contributed by atoms with van der Waals surface area (Å²) in [6.45, 7) is 2.43. The van der Waals surface area contributed by atoms with E-state index in [4.69, 9.17) is 23.0 Å². The molecule has 0 saturated heterocycles. The number of carbonyl (C=O) groups excluding carboxylic acids is 2. The van der Waals surface area contributed by atoms with Crippen LogP contribution in [0.4, 0.5) is 5.69 Å². The van der Waals surface area contributed by atoms with Gasteiger partial charge in [-0.15, -0.1) is 0 Å². The zero-order chi connectivity index (χ0) is 25.1. The van der Waals surface area contributed by atoms with Gasteiger partial charge in [-0.3, -0.25) is 9.59 Å². The molecular formula is C26H23N3O7. The molecule has 0 atom stereocenters. The Balaban J connectivity index is 1.20. The highest BCUT2D eigenvalue weighted by atomic mass is 16.7. The summed E-state index contributed by atoms with van der Waals surface area (Å²) in [5.74, 6) is 2.31. The quantitative estimate of drug-likeness (QED) is 0.375. The molecule has 3 heterocycles. The van der Waals surface area contributed by atoms with Crippen LogP contribution in [-0.2, 0) is 17.9 Å². The van der Waals surface area contributed by atoms with Gasteiger partial charge in [-0.2, -0.15) is 0 Å². The molecule has 36 heavy (non-hydrogen) atoms. The highest BCUT2D eigenvalue weighted by Gasteiger charge is 2.18. The molecule has 2 amide bonds. The van der Waals surface area contributed by atoms with E-state index in [1.165, 1.54) is 0 Å². The summed E-state index contributed by atoms with van der Waals surface area (Å²) in [6.07, 6.45) is 0. The number of amides is 2. The fourth-order valence-corrected chi connectivity index (χ4v) is 3.63. The number of methoxy groups -OCH3 is 1. The van der Waals surface area contributed by atoms with E-state index >= 15 is 0 Å². The average molecular weight is 489 g/mol. The lowest BCUT2D eigenvalue weighted by Gasteiger charge is -2.05. The Morgan fingerprint density at radius 3 is 2.58 bits per heavy atom. The van der Waals surface area contributed by atoms with E-state index in [1.54, 1.807) is 68.6 Å². The zero-order valence-corrected chi connectivity index (χ0v) is 19.6. The summed E-state index contributed by atoms with van der Waals surface area (Å²) >= 11 is 0. The summed E-state index contributed by atoms with van der Waals surface area (Å²) in [7, 11) is 1.55. The standard InChI is InChI=1S/C26H23N3O7/c1-15-20(12-27-24(30)17-5-9-21-23(11-17)34-14-33-21)29-26(35-15)16-3-6-18(7-4-16)28-25(31)22-10-8-19(36-22)13-32-2/h3-11H,12-14H2,1-2H3,(H,27,30)(H,28,31). The van der Waals surface area contributed by atoms with E-state index in [0.717, 1.165) is 5.56 Å². The third kappa shape index (κ3) is 4.93. The van der Waals surface area contributed by atoms with Crippen LogP contribution in [0.5, 0.6) is 11.5 Å². The molecule has 184 valence electrons. The second-order valence-corrected chi connectivity index (χ2v) is 8.00. The lowest BCUT2D eigenvalue weighted by molar-refractivity contribution is 0.0948. The summed E-state index contributed by atoms with van der Waals surface area (Å²) < 4.78 is 26.8. The normalized spacial score (nSPS) is 11.9. The van der Waals surface area contributed by atoms with Gasteiger partial charge < -0.3 is 33.7 Å². The highest BCUT2D eigenvalue weighted by Crippen LogP contribution is 2.32. The Kier molecular flexibility index (Phi) is 6.42. The van der Waals surface area contributed by atoms with Crippen LogP contribution < -0.4 is 20.1 Å². The first-order valence-corrected chi connectivity index (χ1v) is 11.1. The van der Waals surface area contributed by atoms with Gasteiger partial charge in [-0.05, 0) is 61.5 Å². The van der Waals surface area contributed by atoms with Crippen LogP contribution >= 0.6 is 0 Å². The Morgan fingerprint density at radius 2 is 1.78 bits per heavy atom. The number of nitrogens with one attached hydrogen (secondary N) is 2. The Morgan fingerprint density at radius 1 is 0.972 bits per heavy atom. The van der Waals surface area contributed by atoms with Crippen LogP contribution in [0.1, 0.15) is 38.1 Å². The summed E-state index contributed by atoms with van der Waals surface area (Å²) in [4.78, 5) is 29.5. The molecule has 5 rings (SSSR count). The number of hydrogen-bond acceptors (Lipinski definition) is 8. The third-order valence-electron chi connectivity index (χ3n) is 5.51. The van der Waals surface area contributed by atoms with Gasteiger partial charge in [0.1, 0.15) is 23.8 Å². The van der Waals surface area contributed by atoms with Gasteiger partial charge in [0.2, 0.25) is 12.7 Å². The number of nitrogens with zero attached hydrogens (tertiary/aromatic N) is 1. The van der Waals surface area contributed by atoms with Crippen LogP contribution in [0.25, 0.3) is 11.5 Å². The number of hydrogen-bond donors (Lipinski definition) is 2. The van der Waals surface area contributed by atoms with Crippen molar-refractivity contribution in [3.05, 3.63) is 83.1 Å². The smallest absolute Gasteiger partial charge is 0.291 e. The van der Waals surface area contributed by atoms with E-state index in [0.29, 0.717) is 52.5 Å². The monoisotopic (exact) mass is 489 g/mol. The molecule has 0 saturated carbocycles. The Hall–Kier alpha value is -4.57. The maximum atomic E-state index is 12.6. The van der Waals surface area contributed by atoms with E-state index in [2.05, 4.69) is 15.6 Å². The zero-order valence-electron chi connectivity index (χ0n) is 19.6. The van der Waals surface area contributed by atoms with Gasteiger partial charge in [0.15, 0.2) is 17.3 Å². The molecule has 1 aliphatic rings. The number of fused-ring (bicyclic) bond motifs is 1. The fraction of sp³-hybridized carbons (Fsp3) is 0.192. The first-order chi connectivity index (χ1) is 17.5. The number of oxazole rings is 1. The van der Waals surface area contributed by atoms with Crippen molar-refractivity contribution in [1.82, 2.24) is 10.3 Å². The van der Waals surface area contributed by atoms with Crippen molar-refractivity contribution in [2.45, 2.75) is 20.1 Å². The molecule has 10 heteroatoms. The van der Waals surface area contributed by atoms with E-state index < -0.39 is 0 Å². The van der Waals surface area contributed by atoms with Gasteiger partial charge in [0.25, 0.3) is 11.8 Å². The van der Waals surface area contributed by atoms with E-state index in [1.807, 2.05) is 0 Å². The van der Waals surface area contributed by atoms with Crippen molar-refractivity contribution in [1.29, 1.82) is 0 Å². The van der Waals surface area contributed by atoms with Crippen molar-refractivity contribution in [2.24, 2.45) is 0 Å². The number of furan rings is 1. The van der Waals surface area contributed by atoms with Crippen LogP contribution in [0.3, 0.4) is 0 Å². The molecule has 0 unspecified atom stereocenters. The number of aryl methyl sites for hydroxylation is 1. The third-order valence-corrected chi connectivity index (χ3v) is 5.51. The van der Waals surface area contributed by atoms with Crippen LogP contribution in [0, 0.1) is 6.92 Å². The Bertz CT molecular complexity index is 1410. The topological polar surface area (TPSA) is 125 Å². The first-order valence-electron chi connectivity index (χ1n) is 11.1. The molecular weight excluding hydrogens is 466 g/mol. The number of rotatable bonds is 8. The van der Waals surface area contributed by atoms with E-state index in [9.17, 15) is 9.59 Å². The number of aromatic nitrogens is 1. The molecule has 4 aromatic rings. The van der Waals surface area contributed by atoms with Crippen molar-refractivity contribution in [2.75, 3.05) is 19.2 Å². The average Bonchev–Trinajstić information content (AvgIpc) is 3.63. The number of ether oxygens (including phenoxy) is 3. The van der Waals surface area contributed by atoms with Crippen molar-refractivity contribution in [3.8, 4) is 23.0 Å². The molecule has 0 spiro atoms. The van der Waals surface area contributed by atoms with Gasteiger partial charge in [0, 0.05) is 23.9 Å². The van der Waals surface area contributed by atoms with Crippen molar-refractivity contribution < 1.29 is 32.6 Å². The molecule has 0 fully saturated rings. The minimum atomic E-state index is -0.363. The van der Waals surface area contributed by atoms with Crippen LogP contribution in [0.2, 0.25) is 0 Å². The molecule has 2 N–H and O–H groups in total. The molecule has 0 bridgehead atoms. The number of benzene rings is 2. The van der Waals surface area contributed by atoms with Crippen molar-refractivity contribution >= 4 is 17.5 Å². The molecule has 0 aliphatic carbocycles. The van der Waals surface area contributed by atoms with Gasteiger partial charge >= 0.3 is 0 Å². The second kappa shape index (κ2) is 9.96. The Labute approximate surface area is 206 Å². The highest BCUT2D eigenvalue weighted by molar-refractivity contribution is 6.02. The minimum absolute atomic E-state index is 0.147. The lowest BCUT2D eigenvalue weighted by atomic mass is 10.2. The van der Waals surface area contributed by atoms with Gasteiger partial charge in [-0.25, -0.2) is 4.98 Å². The largest absolute Gasteiger partial charge is 0.454 e.